The summed E-state index contributed by atoms with van der Waals surface area (Å²) in [5.74, 6) is -0.380. The summed E-state index contributed by atoms with van der Waals surface area (Å²) in [4.78, 5) is 40.5. The van der Waals surface area contributed by atoms with Crippen LogP contribution in [-0.4, -0.2) is 59.2 Å². The maximum atomic E-state index is 12.9. The van der Waals surface area contributed by atoms with Gasteiger partial charge in [-0.1, -0.05) is 30.3 Å². The molecule has 2 atom stereocenters. The Balaban J connectivity index is 1.57. The van der Waals surface area contributed by atoms with Gasteiger partial charge in [0.25, 0.3) is 5.91 Å². The van der Waals surface area contributed by atoms with Crippen molar-refractivity contribution in [3.05, 3.63) is 48.0 Å². The first-order chi connectivity index (χ1) is 12.0. The highest BCUT2D eigenvalue weighted by molar-refractivity contribution is 6.00. The molecule has 0 radical (unpaired) electrons. The van der Waals surface area contributed by atoms with Crippen LogP contribution >= 0.6 is 0 Å². The molecule has 0 saturated carbocycles. The minimum atomic E-state index is -0.596. The van der Waals surface area contributed by atoms with Crippen LogP contribution in [0, 0.1) is 0 Å². The standard InChI is InChI=1S/C19H19N3O3/c1-12-18(24)22-9-8-21(11-16(22)17(23)20-12)19(25)15-7-6-13-4-2-3-5-14(13)10-15/h2-7,10,12,16H,8-9,11H2,1H3,(H,20,23)/t12-,16+/m0/s1. The Bertz CT molecular complexity index is 879. The molecule has 6 nitrogen and oxygen atoms in total. The number of amides is 3. The molecular weight excluding hydrogens is 318 g/mol. The van der Waals surface area contributed by atoms with Gasteiger partial charge in [0, 0.05) is 18.7 Å². The summed E-state index contributed by atoms with van der Waals surface area (Å²) < 4.78 is 0. The van der Waals surface area contributed by atoms with E-state index in [0.717, 1.165) is 10.8 Å². The maximum absolute atomic E-state index is 12.9. The Kier molecular flexibility index (Phi) is 3.67. The first kappa shape index (κ1) is 15.6. The van der Waals surface area contributed by atoms with Gasteiger partial charge in [0.05, 0.1) is 6.54 Å². The zero-order chi connectivity index (χ0) is 17.6. The van der Waals surface area contributed by atoms with Gasteiger partial charge < -0.3 is 15.1 Å². The van der Waals surface area contributed by atoms with Crippen LogP contribution in [0.25, 0.3) is 10.8 Å². The summed E-state index contributed by atoms with van der Waals surface area (Å²) in [6.07, 6.45) is 0. The predicted molar refractivity (Wildman–Crippen MR) is 93.0 cm³/mol. The van der Waals surface area contributed by atoms with Crippen molar-refractivity contribution < 1.29 is 14.4 Å². The Hall–Kier alpha value is -2.89. The van der Waals surface area contributed by atoms with Crippen LogP contribution in [-0.2, 0) is 9.59 Å². The molecule has 4 rings (SSSR count). The molecule has 2 saturated heterocycles. The molecule has 1 N–H and O–H groups in total. The summed E-state index contributed by atoms with van der Waals surface area (Å²) in [5.41, 5.74) is 0.600. The van der Waals surface area contributed by atoms with Gasteiger partial charge in [0.1, 0.15) is 12.1 Å². The molecule has 2 aliphatic rings. The van der Waals surface area contributed by atoms with Crippen LogP contribution in [0.15, 0.2) is 42.5 Å². The molecule has 0 unspecified atom stereocenters. The largest absolute Gasteiger partial charge is 0.343 e. The second-order valence-electron chi connectivity index (χ2n) is 6.59. The fraction of sp³-hybridized carbons (Fsp3) is 0.316. The van der Waals surface area contributed by atoms with Gasteiger partial charge in [-0.2, -0.15) is 0 Å². The minimum absolute atomic E-state index is 0.0811. The molecule has 2 fully saturated rings. The molecule has 3 amide bonds. The zero-order valence-corrected chi connectivity index (χ0v) is 13.9. The topological polar surface area (TPSA) is 69.7 Å². The van der Waals surface area contributed by atoms with Gasteiger partial charge in [0.2, 0.25) is 11.8 Å². The molecule has 2 aromatic carbocycles. The highest BCUT2D eigenvalue weighted by Crippen LogP contribution is 2.20. The van der Waals surface area contributed by atoms with Crippen molar-refractivity contribution in [2.24, 2.45) is 0 Å². The molecule has 0 spiro atoms. The minimum Gasteiger partial charge on any atom is -0.343 e. The Morgan fingerprint density at radius 2 is 1.84 bits per heavy atom. The molecule has 0 bridgehead atoms. The summed E-state index contributed by atoms with van der Waals surface area (Å²) in [6, 6.07) is 12.4. The van der Waals surface area contributed by atoms with E-state index in [1.807, 2.05) is 42.5 Å². The van der Waals surface area contributed by atoms with E-state index < -0.39 is 12.1 Å². The molecule has 128 valence electrons. The third kappa shape index (κ3) is 2.63. The summed E-state index contributed by atoms with van der Waals surface area (Å²) in [5, 5.41) is 4.77. The first-order valence-electron chi connectivity index (χ1n) is 8.43. The van der Waals surface area contributed by atoms with Crippen molar-refractivity contribution in [1.82, 2.24) is 15.1 Å². The number of fused-ring (bicyclic) bond motifs is 2. The van der Waals surface area contributed by atoms with Crippen LogP contribution < -0.4 is 5.32 Å². The average Bonchev–Trinajstić information content (AvgIpc) is 2.65. The Morgan fingerprint density at radius 1 is 1.08 bits per heavy atom. The monoisotopic (exact) mass is 337 g/mol. The number of carbonyl (C=O) groups excluding carboxylic acids is 3. The molecule has 6 heteroatoms. The van der Waals surface area contributed by atoms with Crippen molar-refractivity contribution in [2.45, 2.75) is 19.0 Å². The smallest absolute Gasteiger partial charge is 0.254 e. The van der Waals surface area contributed by atoms with Crippen LogP contribution in [0.2, 0.25) is 0 Å². The number of benzene rings is 2. The number of rotatable bonds is 1. The van der Waals surface area contributed by atoms with Gasteiger partial charge in [-0.3, -0.25) is 14.4 Å². The van der Waals surface area contributed by atoms with Crippen molar-refractivity contribution in [2.75, 3.05) is 19.6 Å². The molecule has 2 aliphatic heterocycles. The normalized spacial score (nSPS) is 23.4. The summed E-state index contributed by atoms with van der Waals surface area (Å²) in [7, 11) is 0. The number of hydrogen-bond donors (Lipinski definition) is 1. The first-order valence-corrected chi connectivity index (χ1v) is 8.43. The third-order valence-corrected chi connectivity index (χ3v) is 4.98. The van der Waals surface area contributed by atoms with Crippen molar-refractivity contribution in [3.63, 3.8) is 0 Å². The zero-order valence-electron chi connectivity index (χ0n) is 13.9. The van der Waals surface area contributed by atoms with Gasteiger partial charge in [-0.25, -0.2) is 0 Å². The van der Waals surface area contributed by atoms with Crippen LogP contribution in [0.4, 0.5) is 0 Å². The van der Waals surface area contributed by atoms with Crippen LogP contribution in [0.1, 0.15) is 17.3 Å². The number of piperazine rings is 2. The number of carbonyl (C=O) groups is 3. The lowest BCUT2D eigenvalue weighted by Gasteiger charge is -2.44. The second-order valence-corrected chi connectivity index (χ2v) is 6.59. The predicted octanol–water partition coefficient (Wildman–Crippen LogP) is 1.01. The number of nitrogens with one attached hydrogen (secondary N) is 1. The SMILES string of the molecule is C[C@@H]1NC(=O)[C@H]2CN(C(=O)c3ccc4ccccc4c3)CCN2C1=O. The van der Waals surface area contributed by atoms with E-state index in [1.165, 1.54) is 0 Å². The molecule has 0 aromatic heterocycles. The summed E-state index contributed by atoms with van der Waals surface area (Å²) >= 11 is 0. The highest BCUT2D eigenvalue weighted by atomic mass is 16.2. The van der Waals surface area contributed by atoms with E-state index in [0.29, 0.717) is 18.7 Å². The number of hydrogen-bond acceptors (Lipinski definition) is 3. The Morgan fingerprint density at radius 3 is 2.64 bits per heavy atom. The molecule has 2 aromatic rings. The highest BCUT2D eigenvalue weighted by Gasteiger charge is 2.42. The van der Waals surface area contributed by atoms with E-state index in [1.54, 1.807) is 16.7 Å². The van der Waals surface area contributed by atoms with Crippen molar-refractivity contribution >= 4 is 28.5 Å². The molecule has 25 heavy (non-hydrogen) atoms. The lowest BCUT2D eigenvalue weighted by Crippen LogP contribution is -2.69. The molecular formula is C19H19N3O3. The van der Waals surface area contributed by atoms with Gasteiger partial charge in [-0.05, 0) is 29.8 Å². The van der Waals surface area contributed by atoms with Gasteiger partial charge in [-0.15, -0.1) is 0 Å². The van der Waals surface area contributed by atoms with Crippen LogP contribution in [0.5, 0.6) is 0 Å². The lowest BCUT2D eigenvalue weighted by molar-refractivity contribution is -0.151. The van der Waals surface area contributed by atoms with Gasteiger partial charge in [0.15, 0.2) is 0 Å². The van der Waals surface area contributed by atoms with Crippen LogP contribution in [0.3, 0.4) is 0 Å². The van der Waals surface area contributed by atoms with E-state index in [-0.39, 0.29) is 24.3 Å². The third-order valence-electron chi connectivity index (χ3n) is 4.98. The van der Waals surface area contributed by atoms with E-state index in [4.69, 9.17) is 0 Å². The van der Waals surface area contributed by atoms with E-state index >= 15 is 0 Å². The quantitative estimate of drug-likeness (QED) is 0.844. The maximum Gasteiger partial charge on any atom is 0.254 e. The molecule has 2 heterocycles. The second kappa shape index (κ2) is 5.88. The average molecular weight is 337 g/mol. The summed E-state index contributed by atoms with van der Waals surface area (Å²) in [6.45, 7) is 2.74. The van der Waals surface area contributed by atoms with Gasteiger partial charge >= 0.3 is 0 Å². The van der Waals surface area contributed by atoms with Crippen molar-refractivity contribution in [1.29, 1.82) is 0 Å². The molecule has 0 aliphatic carbocycles. The van der Waals surface area contributed by atoms with Crippen molar-refractivity contribution in [3.8, 4) is 0 Å². The van der Waals surface area contributed by atoms with E-state index in [2.05, 4.69) is 5.32 Å². The lowest BCUT2D eigenvalue weighted by atomic mass is 10.0. The fourth-order valence-corrected chi connectivity index (χ4v) is 3.58. The number of nitrogens with zero attached hydrogens (tertiary/aromatic N) is 2. The van der Waals surface area contributed by atoms with E-state index in [9.17, 15) is 14.4 Å². The fourth-order valence-electron chi connectivity index (χ4n) is 3.58. The Labute approximate surface area is 145 Å².